The van der Waals surface area contributed by atoms with Gasteiger partial charge in [0.15, 0.2) is 9.84 Å². The molecule has 6 heteroatoms. The van der Waals surface area contributed by atoms with Crippen LogP contribution in [0.15, 0.2) is 53.4 Å². The number of benzene rings is 2. The smallest absolute Gasteiger partial charge is 0.258 e. The molecule has 1 amide bonds. The summed E-state index contributed by atoms with van der Waals surface area (Å²) in [4.78, 5) is 14.9. The molecule has 0 saturated heterocycles. The van der Waals surface area contributed by atoms with Crippen LogP contribution in [0.4, 0.5) is 5.69 Å². The molecule has 0 fully saturated rings. The van der Waals surface area contributed by atoms with Gasteiger partial charge in [0.1, 0.15) is 0 Å². The van der Waals surface area contributed by atoms with E-state index in [1.54, 1.807) is 28.8 Å². The van der Waals surface area contributed by atoms with Crippen molar-refractivity contribution in [2.75, 3.05) is 17.4 Å². The summed E-state index contributed by atoms with van der Waals surface area (Å²) >= 11 is 1.74. The Bertz CT molecular complexity index is 826. The second kappa shape index (κ2) is 8.06. The van der Waals surface area contributed by atoms with Crippen LogP contribution >= 0.6 is 11.8 Å². The van der Waals surface area contributed by atoms with Crippen molar-refractivity contribution in [2.45, 2.75) is 30.5 Å². The Labute approximate surface area is 154 Å². The maximum absolute atomic E-state index is 12.9. The maximum Gasteiger partial charge on any atom is 0.258 e. The Morgan fingerprint density at radius 1 is 1.04 bits per heavy atom. The molecule has 0 aliphatic carbocycles. The second-order valence-corrected chi connectivity index (χ2v) is 9.05. The molecule has 0 aliphatic heterocycles. The van der Waals surface area contributed by atoms with Crippen molar-refractivity contribution in [3.8, 4) is 0 Å². The van der Waals surface area contributed by atoms with Gasteiger partial charge in [-0.25, -0.2) is 8.42 Å². The number of anilines is 1. The van der Waals surface area contributed by atoms with E-state index >= 15 is 0 Å². The molecule has 134 valence electrons. The van der Waals surface area contributed by atoms with E-state index in [-0.39, 0.29) is 16.8 Å². The van der Waals surface area contributed by atoms with Gasteiger partial charge >= 0.3 is 0 Å². The van der Waals surface area contributed by atoms with Gasteiger partial charge in [0.05, 0.1) is 4.90 Å². The number of rotatable bonds is 6. The van der Waals surface area contributed by atoms with Crippen LogP contribution in [0.5, 0.6) is 0 Å². The summed E-state index contributed by atoms with van der Waals surface area (Å²) in [7, 11) is -3.25. The molecule has 0 aliphatic rings. The normalized spacial score (nSPS) is 11.6. The van der Waals surface area contributed by atoms with Gasteiger partial charge in [0.25, 0.3) is 5.91 Å². The van der Waals surface area contributed by atoms with Gasteiger partial charge in [-0.05, 0) is 62.1 Å². The third-order valence-corrected chi connectivity index (χ3v) is 5.54. The third-order valence-electron chi connectivity index (χ3n) is 3.79. The van der Waals surface area contributed by atoms with Gasteiger partial charge in [-0.1, -0.05) is 12.1 Å². The molecule has 0 bridgehead atoms. The molecule has 0 heterocycles. The van der Waals surface area contributed by atoms with Crippen LogP contribution in [0.1, 0.15) is 29.8 Å². The first kappa shape index (κ1) is 19.5. The molecule has 0 radical (unpaired) electrons. The maximum atomic E-state index is 12.9. The molecule has 2 aromatic carbocycles. The van der Waals surface area contributed by atoms with Gasteiger partial charge in [0, 0.05) is 29.3 Å². The highest BCUT2D eigenvalue weighted by molar-refractivity contribution is 7.97. The third kappa shape index (κ3) is 4.86. The molecule has 0 unspecified atom stereocenters. The Kier molecular flexibility index (Phi) is 6.30. The zero-order valence-corrected chi connectivity index (χ0v) is 16.5. The minimum atomic E-state index is -3.25. The summed E-state index contributed by atoms with van der Waals surface area (Å²) in [5.41, 5.74) is 2.48. The lowest BCUT2D eigenvalue weighted by atomic mass is 10.1. The molecule has 2 rings (SSSR count). The van der Waals surface area contributed by atoms with Crippen LogP contribution in [0.2, 0.25) is 0 Å². The topological polar surface area (TPSA) is 54.5 Å². The summed E-state index contributed by atoms with van der Waals surface area (Å²) < 4.78 is 23.2. The van der Waals surface area contributed by atoms with E-state index in [1.807, 2.05) is 44.4 Å². The predicted octanol–water partition coefficient (Wildman–Crippen LogP) is 4.01. The van der Waals surface area contributed by atoms with E-state index in [9.17, 15) is 13.2 Å². The van der Waals surface area contributed by atoms with Crippen molar-refractivity contribution >= 4 is 33.2 Å². The molecule has 0 spiro atoms. The summed E-state index contributed by atoms with van der Waals surface area (Å²) in [5.74, 6) is 0.813. The van der Waals surface area contributed by atoms with Crippen molar-refractivity contribution in [1.29, 1.82) is 0 Å². The van der Waals surface area contributed by atoms with Crippen molar-refractivity contribution in [3.05, 3.63) is 59.7 Å². The SMILES string of the molecule is CSCc1ccc(C(=O)N(c2ccc(S(C)(=O)=O)cc2)C(C)C)cc1. The largest absolute Gasteiger partial charge is 0.306 e. The van der Waals surface area contributed by atoms with Crippen LogP contribution in [-0.2, 0) is 15.6 Å². The summed E-state index contributed by atoms with van der Waals surface area (Å²) in [6, 6.07) is 14.0. The second-order valence-electron chi connectivity index (χ2n) is 6.16. The number of hydrogen-bond donors (Lipinski definition) is 0. The standard InChI is InChI=1S/C19H23NO3S2/c1-14(2)20(17-9-11-18(12-10-17)25(4,22)23)19(21)16-7-5-15(6-8-16)13-24-3/h5-12,14H,13H2,1-4H3. The highest BCUT2D eigenvalue weighted by Gasteiger charge is 2.21. The fourth-order valence-electron chi connectivity index (χ4n) is 2.55. The van der Waals surface area contributed by atoms with Crippen LogP contribution < -0.4 is 4.90 Å². The number of thioether (sulfide) groups is 1. The Balaban J connectivity index is 2.32. The van der Waals surface area contributed by atoms with E-state index in [0.29, 0.717) is 11.3 Å². The molecule has 4 nitrogen and oxygen atoms in total. The van der Waals surface area contributed by atoms with Gasteiger partial charge < -0.3 is 4.90 Å². The molecular weight excluding hydrogens is 354 g/mol. The lowest BCUT2D eigenvalue weighted by Crippen LogP contribution is -2.37. The lowest BCUT2D eigenvalue weighted by molar-refractivity contribution is 0.0980. The average Bonchev–Trinajstić information content (AvgIpc) is 2.55. The van der Waals surface area contributed by atoms with Crippen molar-refractivity contribution < 1.29 is 13.2 Å². The van der Waals surface area contributed by atoms with E-state index < -0.39 is 9.84 Å². The fourth-order valence-corrected chi connectivity index (χ4v) is 3.71. The van der Waals surface area contributed by atoms with Crippen LogP contribution in [-0.4, -0.2) is 32.9 Å². The lowest BCUT2D eigenvalue weighted by Gasteiger charge is -2.27. The van der Waals surface area contributed by atoms with Gasteiger partial charge in [0.2, 0.25) is 0 Å². The zero-order chi connectivity index (χ0) is 18.6. The van der Waals surface area contributed by atoms with Crippen molar-refractivity contribution in [2.24, 2.45) is 0 Å². The number of nitrogens with zero attached hydrogens (tertiary/aromatic N) is 1. The molecular formula is C19H23NO3S2. The minimum absolute atomic E-state index is 0.0533. The van der Waals surface area contributed by atoms with Crippen LogP contribution in [0, 0.1) is 0 Å². The number of carbonyl (C=O) groups is 1. The van der Waals surface area contributed by atoms with E-state index in [4.69, 9.17) is 0 Å². The van der Waals surface area contributed by atoms with Crippen LogP contribution in [0.3, 0.4) is 0 Å². The number of amides is 1. The number of carbonyl (C=O) groups excluding carboxylic acids is 1. The minimum Gasteiger partial charge on any atom is -0.306 e. The number of sulfone groups is 1. The Hall–Kier alpha value is -1.79. The molecule has 0 N–H and O–H groups in total. The highest BCUT2D eigenvalue weighted by Crippen LogP contribution is 2.23. The summed E-state index contributed by atoms with van der Waals surface area (Å²) in [5, 5.41) is 0. The summed E-state index contributed by atoms with van der Waals surface area (Å²) in [6.07, 6.45) is 3.21. The molecule has 0 atom stereocenters. The van der Waals surface area contributed by atoms with Gasteiger partial charge in [-0.2, -0.15) is 11.8 Å². The van der Waals surface area contributed by atoms with Crippen LogP contribution in [0.25, 0.3) is 0 Å². The zero-order valence-electron chi connectivity index (χ0n) is 14.9. The first-order valence-electron chi connectivity index (χ1n) is 7.95. The Morgan fingerprint density at radius 2 is 1.60 bits per heavy atom. The molecule has 2 aromatic rings. The van der Waals surface area contributed by atoms with E-state index in [0.717, 1.165) is 5.75 Å². The first-order chi connectivity index (χ1) is 11.7. The molecule has 25 heavy (non-hydrogen) atoms. The molecule has 0 aromatic heterocycles. The van der Waals surface area contributed by atoms with Gasteiger partial charge in [-0.3, -0.25) is 4.79 Å². The monoisotopic (exact) mass is 377 g/mol. The fraction of sp³-hybridized carbons (Fsp3) is 0.316. The Morgan fingerprint density at radius 3 is 2.04 bits per heavy atom. The van der Waals surface area contributed by atoms with Gasteiger partial charge in [-0.15, -0.1) is 0 Å². The van der Waals surface area contributed by atoms with Crippen molar-refractivity contribution in [3.63, 3.8) is 0 Å². The molecule has 0 saturated carbocycles. The summed E-state index contributed by atoms with van der Waals surface area (Å²) in [6.45, 7) is 3.87. The van der Waals surface area contributed by atoms with E-state index in [2.05, 4.69) is 0 Å². The predicted molar refractivity (Wildman–Crippen MR) is 105 cm³/mol. The quantitative estimate of drug-likeness (QED) is 0.763. The number of hydrogen-bond acceptors (Lipinski definition) is 4. The highest BCUT2D eigenvalue weighted by atomic mass is 32.2. The van der Waals surface area contributed by atoms with Crippen molar-refractivity contribution in [1.82, 2.24) is 0 Å². The first-order valence-corrected chi connectivity index (χ1v) is 11.2. The average molecular weight is 378 g/mol. The van der Waals surface area contributed by atoms with E-state index in [1.165, 1.54) is 24.0 Å².